The molecule has 0 fully saturated rings. The standard InChI is InChI=1S/C21H25NO3S/c1-14-11-15(2)19(16(3)12-14)13-26(24,25)17(4)21(23)22-10-9-18-7-5-6-8-20(18)22/h5-8,11-12,17H,9-10,13H2,1-4H3. The second kappa shape index (κ2) is 6.88. The van der Waals surface area contributed by atoms with Gasteiger partial charge in [-0.15, -0.1) is 0 Å². The van der Waals surface area contributed by atoms with E-state index >= 15 is 0 Å². The van der Waals surface area contributed by atoms with Gasteiger partial charge in [-0.05, 0) is 62.4 Å². The summed E-state index contributed by atoms with van der Waals surface area (Å²) in [5, 5.41) is -1.06. The summed E-state index contributed by atoms with van der Waals surface area (Å²) in [6, 6.07) is 11.7. The van der Waals surface area contributed by atoms with Crippen LogP contribution >= 0.6 is 0 Å². The number of benzene rings is 2. The van der Waals surface area contributed by atoms with Gasteiger partial charge in [-0.2, -0.15) is 0 Å². The van der Waals surface area contributed by atoms with Gasteiger partial charge in [-0.3, -0.25) is 4.79 Å². The number of hydrogen-bond acceptors (Lipinski definition) is 3. The predicted molar refractivity (Wildman–Crippen MR) is 105 cm³/mol. The van der Waals surface area contributed by atoms with Gasteiger partial charge in [0.05, 0.1) is 5.75 Å². The molecule has 1 aliphatic rings. The van der Waals surface area contributed by atoms with Crippen molar-refractivity contribution in [3.8, 4) is 0 Å². The third-order valence-electron chi connectivity index (χ3n) is 5.23. The molecule has 1 atom stereocenters. The Hall–Kier alpha value is -2.14. The van der Waals surface area contributed by atoms with Crippen LogP contribution in [0.2, 0.25) is 0 Å². The summed E-state index contributed by atoms with van der Waals surface area (Å²) >= 11 is 0. The molecule has 0 bridgehead atoms. The van der Waals surface area contributed by atoms with Gasteiger partial charge < -0.3 is 4.90 Å². The Labute approximate surface area is 155 Å². The number of fused-ring (bicyclic) bond motifs is 1. The van der Waals surface area contributed by atoms with E-state index in [2.05, 4.69) is 0 Å². The van der Waals surface area contributed by atoms with Gasteiger partial charge in [-0.25, -0.2) is 8.42 Å². The minimum atomic E-state index is -3.60. The number of hydrogen-bond donors (Lipinski definition) is 0. The van der Waals surface area contributed by atoms with Crippen LogP contribution in [0, 0.1) is 20.8 Å². The molecule has 26 heavy (non-hydrogen) atoms. The van der Waals surface area contributed by atoms with E-state index in [-0.39, 0.29) is 11.7 Å². The highest BCUT2D eigenvalue weighted by Gasteiger charge is 2.35. The van der Waals surface area contributed by atoms with Gasteiger partial charge in [0.25, 0.3) is 0 Å². The second-order valence-corrected chi connectivity index (χ2v) is 9.52. The Morgan fingerprint density at radius 1 is 1.12 bits per heavy atom. The van der Waals surface area contributed by atoms with Gasteiger partial charge in [0.1, 0.15) is 5.25 Å². The van der Waals surface area contributed by atoms with Crippen molar-refractivity contribution < 1.29 is 13.2 Å². The fraction of sp³-hybridized carbons (Fsp3) is 0.381. The topological polar surface area (TPSA) is 54.5 Å². The van der Waals surface area contributed by atoms with Gasteiger partial charge in [-0.1, -0.05) is 35.9 Å². The van der Waals surface area contributed by atoms with Crippen molar-refractivity contribution in [2.75, 3.05) is 11.4 Å². The van der Waals surface area contributed by atoms with Crippen LogP contribution in [0.4, 0.5) is 5.69 Å². The molecule has 2 aromatic rings. The molecule has 0 saturated carbocycles. The van der Waals surface area contributed by atoms with Gasteiger partial charge in [0, 0.05) is 12.2 Å². The first-order valence-corrected chi connectivity index (χ1v) is 10.6. The minimum absolute atomic E-state index is 0.104. The van der Waals surface area contributed by atoms with Crippen molar-refractivity contribution in [2.45, 2.75) is 45.1 Å². The number of sulfone groups is 1. The molecule has 0 spiro atoms. The first-order valence-electron chi connectivity index (χ1n) is 8.88. The molecule has 1 unspecified atom stereocenters. The molecule has 0 aliphatic carbocycles. The van der Waals surface area contributed by atoms with Crippen LogP contribution in [0.15, 0.2) is 36.4 Å². The summed E-state index contributed by atoms with van der Waals surface area (Å²) in [7, 11) is -3.60. The number of para-hydroxylation sites is 1. The van der Waals surface area contributed by atoms with Crippen LogP contribution in [-0.2, 0) is 26.8 Å². The molecule has 3 rings (SSSR count). The Morgan fingerprint density at radius 3 is 2.38 bits per heavy atom. The van der Waals surface area contributed by atoms with E-state index in [0.717, 1.165) is 39.9 Å². The quantitative estimate of drug-likeness (QED) is 0.826. The van der Waals surface area contributed by atoms with Crippen molar-refractivity contribution in [3.63, 3.8) is 0 Å². The Bertz CT molecular complexity index is 940. The van der Waals surface area contributed by atoms with Crippen LogP contribution in [-0.4, -0.2) is 26.1 Å². The van der Waals surface area contributed by atoms with E-state index < -0.39 is 15.1 Å². The van der Waals surface area contributed by atoms with Crippen molar-refractivity contribution >= 4 is 21.4 Å². The zero-order chi connectivity index (χ0) is 19.1. The molecular formula is C21H25NO3S. The number of anilines is 1. The largest absolute Gasteiger partial charge is 0.311 e. The lowest BCUT2D eigenvalue weighted by molar-refractivity contribution is -0.117. The molecule has 0 saturated heterocycles. The second-order valence-electron chi connectivity index (χ2n) is 7.20. The molecule has 2 aromatic carbocycles. The molecule has 138 valence electrons. The Morgan fingerprint density at radius 2 is 1.73 bits per heavy atom. The Balaban J connectivity index is 1.85. The van der Waals surface area contributed by atoms with Gasteiger partial charge >= 0.3 is 0 Å². The molecule has 0 N–H and O–H groups in total. The number of carbonyl (C=O) groups is 1. The lowest BCUT2D eigenvalue weighted by atomic mass is 10.0. The maximum absolute atomic E-state index is 13.0. The van der Waals surface area contributed by atoms with Crippen molar-refractivity contribution in [3.05, 3.63) is 64.2 Å². The zero-order valence-electron chi connectivity index (χ0n) is 15.7. The van der Waals surface area contributed by atoms with Gasteiger partial charge in [0.2, 0.25) is 5.91 Å². The molecular weight excluding hydrogens is 346 g/mol. The Kier molecular flexibility index (Phi) is 4.93. The van der Waals surface area contributed by atoms with Crippen LogP contribution < -0.4 is 4.90 Å². The number of amides is 1. The highest BCUT2D eigenvalue weighted by molar-refractivity contribution is 7.92. The van der Waals surface area contributed by atoms with Crippen LogP contribution in [0.25, 0.3) is 0 Å². The van der Waals surface area contributed by atoms with E-state index in [4.69, 9.17) is 0 Å². The summed E-state index contributed by atoms with van der Waals surface area (Å²) in [5.41, 5.74) is 5.75. The lowest BCUT2D eigenvalue weighted by Gasteiger charge is -2.22. The van der Waals surface area contributed by atoms with Crippen molar-refractivity contribution in [1.82, 2.24) is 0 Å². The highest BCUT2D eigenvalue weighted by atomic mass is 32.2. The maximum atomic E-state index is 13.0. The number of rotatable bonds is 4. The van der Waals surface area contributed by atoms with E-state index in [9.17, 15) is 13.2 Å². The zero-order valence-corrected chi connectivity index (χ0v) is 16.6. The predicted octanol–water partition coefficient (Wildman–Crippen LogP) is 3.50. The summed E-state index contributed by atoms with van der Waals surface area (Å²) < 4.78 is 25.9. The lowest BCUT2D eigenvalue weighted by Crippen LogP contribution is -2.41. The average Bonchev–Trinajstić information content (AvgIpc) is 3.01. The smallest absolute Gasteiger partial charge is 0.245 e. The number of aryl methyl sites for hydroxylation is 3. The molecule has 5 heteroatoms. The summed E-state index contributed by atoms with van der Waals surface area (Å²) in [6.45, 7) is 7.90. The summed E-state index contributed by atoms with van der Waals surface area (Å²) in [6.07, 6.45) is 0.769. The fourth-order valence-corrected chi connectivity index (χ4v) is 5.25. The fourth-order valence-electron chi connectivity index (χ4n) is 3.70. The molecule has 1 amide bonds. The van der Waals surface area contributed by atoms with Crippen molar-refractivity contribution in [2.24, 2.45) is 0 Å². The maximum Gasteiger partial charge on any atom is 0.245 e. The van der Waals surface area contributed by atoms with E-state index in [1.165, 1.54) is 6.92 Å². The first kappa shape index (κ1) is 18.6. The molecule has 0 aromatic heterocycles. The van der Waals surface area contributed by atoms with Crippen LogP contribution in [0.3, 0.4) is 0 Å². The van der Waals surface area contributed by atoms with Crippen molar-refractivity contribution in [1.29, 1.82) is 0 Å². The molecule has 0 radical (unpaired) electrons. The third-order valence-corrected chi connectivity index (χ3v) is 7.20. The van der Waals surface area contributed by atoms with E-state index in [1.807, 2.05) is 57.2 Å². The molecule has 1 heterocycles. The highest BCUT2D eigenvalue weighted by Crippen LogP contribution is 2.29. The SMILES string of the molecule is Cc1cc(C)c(CS(=O)(=O)C(C)C(=O)N2CCc3ccccc32)c(C)c1. The van der Waals surface area contributed by atoms with Gasteiger partial charge in [0.15, 0.2) is 9.84 Å². The third kappa shape index (κ3) is 3.40. The van der Waals surface area contributed by atoms with Crippen LogP contribution in [0.5, 0.6) is 0 Å². The molecule has 4 nitrogen and oxygen atoms in total. The average molecular weight is 372 g/mol. The first-order chi connectivity index (χ1) is 12.2. The normalized spacial score (nSPS) is 15.0. The van der Waals surface area contributed by atoms with E-state index in [1.54, 1.807) is 4.90 Å². The van der Waals surface area contributed by atoms with Crippen LogP contribution in [0.1, 0.15) is 34.7 Å². The minimum Gasteiger partial charge on any atom is -0.311 e. The monoisotopic (exact) mass is 371 g/mol. The number of nitrogens with zero attached hydrogens (tertiary/aromatic N) is 1. The summed E-state index contributed by atoms with van der Waals surface area (Å²) in [5.74, 6) is -0.440. The summed E-state index contributed by atoms with van der Waals surface area (Å²) in [4.78, 5) is 14.5. The molecule has 1 aliphatic heterocycles. The van der Waals surface area contributed by atoms with E-state index in [0.29, 0.717) is 6.54 Å². The number of carbonyl (C=O) groups excluding carboxylic acids is 1.